The number of nitrogens with zero attached hydrogens (tertiary/aromatic N) is 1. The topological polar surface area (TPSA) is 15.3 Å². The molecule has 2 rings (SSSR count). The van der Waals surface area contributed by atoms with Crippen molar-refractivity contribution >= 4 is 0 Å². The predicted octanol–water partition coefficient (Wildman–Crippen LogP) is 1.58. The van der Waals surface area contributed by atoms with Crippen LogP contribution in [0.15, 0.2) is 18.2 Å². The van der Waals surface area contributed by atoms with E-state index in [9.17, 15) is 4.39 Å². The summed E-state index contributed by atoms with van der Waals surface area (Å²) in [6, 6.07) is 5.65. The van der Waals surface area contributed by atoms with Crippen molar-refractivity contribution in [1.82, 2.24) is 10.2 Å². The molecule has 0 bridgehead atoms. The second-order valence-electron chi connectivity index (χ2n) is 4.39. The Kier molecular flexibility index (Phi) is 3.91. The van der Waals surface area contributed by atoms with E-state index in [4.69, 9.17) is 0 Å². The van der Waals surface area contributed by atoms with Crippen molar-refractivity contribution in [2.45, 2.75) is 13.3 Å². The summed E-state index contributed by atoms with van der Waals surface area (Å²) in [4.78, 5) is 2.39. The van der Waals surface area contributed by atoms with Crippen molar-refractivity contribution in [2.24, 2.45) is 0 Å². The molecule has 88 valence electrons. The molecule has 3 heteroatoms. The first-order chi connectivity index (χ1) is 7.77. The van der Waals surface area contributed by atoms with Crippen molar-refractivity contribution in [3.63, 3.8) is 0 Å². The Hall–Kier alpha value is -0.930. The number of benzene rings is 1. The summed E-state index contributed by atoms with van der Waals surface area (Å²) in [5, 5.41) is 3.32. The molecule has 1 aliphatic heterocycles. The molecular formula is C13H19FN2. The average molecular weight is 222 g/mol. The fourth-order valence-electron chi connectivity index (χ4n) is 2.11. The van der Waals surface area contributed by atoms with Gasteiger partial charge in [0.15, 0.2) is 0 Å². The lowest BCUT2D eigenvalue weighted by atomic mass is 10.1. The van der Waals surface area contributed by atoms with Crippen LogP contribution in [0.1, 0.15) is 11.1 Å². The van der Waals surface area contributed by atoms with Gasteiger partial charge in [-0.3, -0.25) is 0 Å². The van der Waals surface area contributed by atoms with E-state index in [2.05, 4.69) is 10.2 Å². The second-order valence-corrected chi connectivity index (χ2v) is 4.39. The van der Waals surface area contributed by atoms with Gasteiger partial charge in [-0.2, -0.15) is 0 Å². The molecule has 0 radical (unpaired) electrons. The highest BCUT2D eigenvalue weighted by Crippen LogP contribution is 2.12. The van der Waals surface area contributed by atoms with Crippen molar-refractivity contribution in [2.75, 3.05) is 32.7 Å². The monoisotopic (exact) mass is 222 g/mol. The number of piperazine rings is 1. The summed E-state index contributed by atoms with van der Waals surface area (Å²) >= 11 is 0. The summed E-state index contributed by atoms with van der Waals surface area (Å²) in [6.07, 6.45) is 0.813. The smallest absolute Gasteiger partial charge is 0.129 e. The van der Waals surface area contributed by atoms with Crippen molar-refractivity contribution in [1.29, 1.82) is 0 Å². The highest BCUT2D eigenvalue weighted by Gasteiger charge is 2.11. The van der Waals surface area contributed by atoms with Gasteiger partial charge in [-0.15, -0.1) is 0 Å². The second kappa shape index (κ2) is 5.41. The van der Waals surface area contributed by atoms with Crippen LogP contribution in [0.2, 0.25) is 0 Å². The van der Waals surface area contributed by atoms with Gasteiger partial charge in [-0.05, 0) is 24.5 Å². The van der Waals surface area contributed by atoms with Gasteiger partial charge in [0.05, 0.1) is 0 Å². The minimum atomic E-state index is -0.0300. The van der Waals surface area contributed by atoms with Gasteiger partial charge in [0, 0.05) is 32.7 Å². The number of hydrogen-bond acceptors (Lipinski definition) is 2. The molecular weight excluding hydrogens is 203 g/mol. The molecule has 1 fully saturated rings. The Morgan fingerprint density at radius 1 is 1.31 bits per heavy atom. The molecule has 2 nitrogen and oxygen atoms in total. The number of nitrogens with one attached hydrogen (secondary N) is 1. The third-order valence-electron chi connectivity index (χ3n) is 3.18. The van der Waals surface area contributed by atoms with Crippen LogP contribution in [0.25, 0.3) is 0 Å². The average Bonchev–Trinajstić information content (AvgIpc) is 2.32. The number of halogens is 1. The highest BCUT2D eigenvalue weighted by atomic mass is 19.1. The van der Waals surface area contributed by atoms with Gasteiger partial charge in [0.2, 0.25) is 0 Å². The highest BCUT2D eigenvalue weighted by molar-refractivity contribution is 5.25. The van der Waals surface area contributed by atoms with Gasteiger partial charge in [0.25, 0.3) is 0 Å². The summed E-state index contributed by atoms with van der Waals surface area (Å²) in [5.41, 5.74) is 1.59. The van der Waals surface area contributed by atoms with Crippen LogP contribution in [0.4, 0.5) is 4.39 Å². The maximum Gasteiger partial charge on any atom is 0.129 e. The third-order valence-corrected chi connectivity index (χ3v) is 3.18. The molecule has 0 atom stereocenters. The number of hydrogen-bond donors (Lipinski definition) is 1. The zero-order chi connectivity index (χ0) is 11.4. The first kappa shape index (κ1) is 11.6. The van der Waals surface area contributed by atoms with Crippen LogP contribution in [0.3, 0.4) is 0 Å². The molecule has 1 aliphatic rings. The molecule has 1 aromatic carbocycles. The summed E-state index contributed by atoms with van der Waals surface area (Å²) in [5.74, 6) is -0.0300. The van der Waals surface area contributed by atoms with E-state index >= 15 is 0 Å². The standard InChI is InChI=1S/C13H19FN2/c1-11-3-2-4-12(13(11)14)5-8-16-9-6-15-7-10-16/h2-4,15H,5-10H2,1H3. The fraction of sp³-hybridized carbons (Fsp3) is 0.538. The van der Waals surface area contributed by atoms with Gasteiger partial charge in [-0.25, -0.2) is 4.39 Å². The van der Waals surface area contributed by atoms with E-state index in [0.29, 0.717) is 0 Å². The molecule has 0 spiro atoms. The lowest BCUT2D eigenvalue weighted by Crippen LogP contribution is -2.44. The Bertz CT molecular complexity index is 346. The van der Waals surface area contributed by atoms with Crippen LogP contribution >= 0.6 is 0 Å². The predicted molar refractivity (Wildman–Crippen MR) is 64.2 cm³/mol. The third kappa shape index (κ3) is 2.80. The summed E-state index contributed by atoms with van der Waals surface area (Å²) < 4.78 is 13.7. The van der Waals surface area contributed by atoms with E-state index in [1.54, 1.807) is 0 Å². The SMILES string of the molecule is Cc1cccc(CCN2CCNCC2)c1F. The van der Waals surface area contributed by atoms with E-state index < -0.39 is 0 Å². The molecule has 0 aliphatic carbocycles. The van der Waals surface area contributed by atoms with Gasteiger partial charge < -0.3 is 10.2 Å². The first-order valence-electron chi connectivity index (χ1n) is 5.94. The molecule has 1 saturated heterocycles. The Balaban J connectivity index is 1.91. The largest absolute Gasteiger partial charge is 0.314 e. The molecule has 1 heterocycles. The van der Waals surface area contributed by atoms with E-state index in [0.717, 1.165) is 50.3 Å². The molecule has 0 unspecified atom stereocenters. The van der Waals surface area contributed by atoms with Gasteiger partial charge >= 0.3 is 0 Å². The fourth-order valence-corrected chi connectivity index (χ4v) is 2.11. The quantitative estimate of drug-likeness (QED) is 0.835. The van der Waals surface area contributed by atoms with Crippen molar-refractivity contribution in [3.8, 4) is 0 Å². The van der Waals surface area contributed by atoms with Crippen LogP contribution in [-0.2, 0) is 6.42 Å². The Morgan fingerprint density at radius 3 is 2.81 bits per heavy atom. The maximum absolute atomic E-state index is 13.7. The molecule has 1 aromatic rings. The first-order valence-corrected chi connectivity index (χ1v) is 5.94. The minimum Gasteiger partial charge on any atom is -0.314 e. The summed E-state index contributed by atoms with van der Waals surface area (Å²) in [6.45, 7) is 7.04. The number of rotatable bonds is 3. The minimum absolute atomic E-state index is 0.0300. The van der Waals surface area contributed by atoms with Gasteiger partial charge in [0.1, 0.15) is 5.82 Å². The summed E-state index contributed by atoms with van der Waals surface area (Å²) in [7, 11) is 0. The number of aryl methyl sites for hydroxylation is 1. The van der Waals surface area contributed by atoms with Gasteiger partial charge in [-0.1, -0.05) is 18.2 Å². The zero-order valence-electron chi connectivity index (χ0n) is 9.80. The van der Waals surface area contributed by atoms with Crippen LogP contribution in [0, 0.1) is 12.7 Å². The van der Waals surface area contributed by atoms with Crippen LogP contribution < -0.4 is 5.32 Å². The molecule has 0 amide bonds. The van der Waals surface area contributed by atoms with E-state index in [-0.39, 0.29) is 5.82 Å². The molecule has 0 aromatic heterocycles. The van der Waals surface area contributed by atoms with Crippen LogP contribution in [-0.4, -0.2) is 37.6 Å². The maximum atomic E-state index is 13.7. The van der Waals surface area contributed by atoms with Crippen LogP contribution in [0.5, 0.6) is 0 Å². The zero-order valence-corrected chi connectivity index (χ0v) is 9.80. The molecule has 0 saturated carbocycles. The molecule has 16 heavy (non-hydrogen) atoms. The van der Waals surface area contributed by atoms with Crippen molar-refractivity contribution in [3.05, 3.63) is 35.1 Å². The molecule has 1 N–H and O–H groups in total. The van der Waals surface area contributed by atoms with Crippen molar-refractivity contribution < 1.29 is 4.39 Å². The lowest BCUT2D eigenvalue weighted by molar-refractivity contribution is 0.243. The lowest BCUT2D eigenvalue weighted by Gasteiger charge is -2.27. The van der Waals surface area contributed by atoms with E-state index in [1.165, 1.54) is 0 Å². The normalized spacial score (nSPS) is 17.6. The Labute approximate surface area is 96.5 Å². The Morgan fingerprint density at radius 2 is 2.06 bits per heavy atom. The van der Waals surface area contributed by atoms with E-state index in [1.807, 2.05) is 25.1 Å².